The largest absolute Gasteiger partial charge is 0.477 e. The molecule has 0 atom stereocenters. The molecule has 0 amide bonds. The highest BCUT2D eigenvalue weighted by atomic mass is 32.2. The minimum absolute atomic E-state index is 0.123. The van der Waals surface area contributed by atoms with E-state index in [1.807, 2.05) is 7.05 Å². The molecule has 2 N–H and O–H groups in total. The van der Waals surface area contributed by atoms with Crippen LogP contribution in [0, 0.1) is 0 Å². The van der Waals surface area contributed by atoms with E-state index in [0.29, 0.717) is 0 Å². The van der Waals surface area contributed by atoms with Gasteiger partial charge >= 0.3 is 5.97 Å². The number of carboxylic acid groups (broad SMARTS) is 1. The maximum Gasteiger partial charge on any atom is 0.347 e. The summed E-state index contributed by atoms with van der Waals surface area (Å²) in [6, 6.07) is 3.08. The second kappa shape index (κ2) is 5.16. The summed E-state index contributed by atoms with van der Waals surface area (Å²) in [4.78, 5) is 10.5. The van der Waals surface area contributed by atoms with Crippen molar-refractivity contribution in [2.24, 2.45) is 7.05 Å². The van der Waals surface area contributed by atoms with Crippen LogP contribution in [0.25, 0.3) is 0 Å². The van der Waals surface area contributed by atoms with Gasteiger partial charge in [0.2, 0.25) is 10.0 Å². The van der Waals surface area contributed by atoms with Crippen molar-refractivity contribution in [1.82, 2.24) is 9.29 Å². The van der Waals surface area contributed by atoms with E-state index in [2.05, 4.69) is 4.72 Å². The Bertz CT molecular complexity index is 700. The molecule has 0 unspecified atom stereocenters. The van der Waals surface area contributed by atoms with Crippen LogP contribution in [0.5, 0.6) is 0 Å². The van der Waals surface area contributed by atoms with Crippen molar-refractivity contribution >= 4 is 27.3 Å². The second-order valence-corrected chi connectivity index (χ2v) is 6.58. The number of sulfonamides is 1. The van der Waals surface area contributed by atoms with Crippen molar-refractivity contribution in [3.8, 4) is 0 Å². The summed E-state index contributed by atoms with van der Waals surface area (Å²) >= 11 is 0.887. The maximum atomic E-state index is 12.0. The number of nitrogens with one attached hydrogen (secondary N) is 1. The molecule has 0 saturated carbocycles. The lowest BCUT2D eigenvalue weighted by Gasteiger charge is -2.05. The fraction of sp³-hybridized carbons (Fsp3) is 0.182. The molecule has 0 fully saturated rings. The van der Waals surface area contributed by atoms with Gasteiger partial charge in [-0.15, -0.1) is 11.3 Å². The normalized spacial score (nSPS) is 11.6. The van der Waals surface area contributed by atoms with Crippen molar-refractivity contribution in [2.45, 2.75) is 11.4 Å². The van der Waals surface area contributed by atoms with Crippen molar-refractivity contribution in [1.29, 1.82) is 0 Å². The average molecular weight is 300 g/mol. The Morgan fingerprint density at radius 3 is 2.79 bits per heavy atom. The van der Waals surface area contributed by atoms with Gasteiger partial charge in [-0.2, -0.15) is 0 Å². The Morgan fingerprint density at radius 2 is 2.21 bits per heavy atom. The number of nitrogens with zero attached hydrogens (tertiary/aromatic N) is 1. The smallest absolute Gasteiger partial charge is 0.347 e. The van der Waals surface area contributed by atoms with E-state index >= 15 is 0 Å². The summed E-state index contributed by atoms with van der Waals surface area (Å²) in [5.74, 6) is -1.24. The van der Waals surface area contributed by atoms with Crippen LogP contribution in [-0.2, 0) is 23.6 Å². The highest BCUT2D eigenvalue weighted by Gasteiger charge is 2.23. The van der Waals surface area contributed by atoms with Crippen LogP contribution in [0.4, 0.5) is 0 Å². The summed E-state index contributed by atoms with van der Waals surface area (Å²) in [5, 5.41) is 10.4. The minimum atomic E-state index is -3.81. The third-order valence-corrected chi connectivity index (χ3v) is 4.95. The lowest BCUT2D eigenvalue weighted by molar-refractivity contribution is 0.0698. The monoisotopic (exact) mass is 300 g/mol. The number of aryl methyl sites for hydroxylation is 1. The van der Waals surface area contributed by atoms with E-state index in [-0.39, 0.29) is 16.3 Å². The number of carbonyl (C=O) groups is 1. The molecule has 8 heteroatoms. The third kappa shape index (κ3) is 3.03. The maximum absolute atomic E-state index is 12.0. The molecule has 0 saturated heterocycles. The number of hydrogen-bond donors (Lipinski definition) is 2. The Kier molecular flexibility index (Phi) is 3.74. The van der Waals surface area contributed by atoms with Crippen molar-refractivity contribution in [3.63, 3.8) is 0 Å². The van der Waals surface area contributed by atoms with E-state index in [9.17, 15) is 13.2 Å². The molecule has 2 heterocycles. The molecule has 0 aromatic carbocycles. The first-order valence-electron chi connectivity index (χ1n) is 5.31. The number of carboxylic acids is 1. The van der Waals surface area contributed by atoms with Gasteiger partial charge in [0.15, 0.2) is 0 Å². The molecule has 2 rings (SSSR count). The fourth-order valence-electron chi connectivity index (χ4n) is 1.59. The lowest BCUT2D eigenvalue weighted by Crippen LogP contribution is -2.24. The van der Waals surface area contributed by atoms with Crippen LogP contribution in [0.15, 0.2) is 34.8 Å². The predicted molar refractivity (Wildman–Crippen MR) is 70.7 cm³/mol. The van der Waals surface area contributed by atoms with Gasteiger partial charge in [0.1, 0.15) is 9.77 Å². The van der Waals surface area contributed by atoms with E-state index in [0.717, 1.165) is 16.9 Å². The van der Waals surface area contributed by atoms with Gasteiger partial charge in [0.05, 0.1) is 0 Å². The van der Waals surface area contributed by atoms with Gasteiger partial charge in [0.25, 0.3) is 0 Å². The molecule has 19 heavy (non-hydrogen) atoms. The van der Waals surface area contributed by atoms with Crippen LogP contribution in [-0.4, -0.2) is 24.1 Å². The molecule has 2 aromatic heterocycles. The zero-order valence-electron chi connectivity index (χ0n) is 10.0. The van der Waals surface area contributed by atoms with E-state index in [1.165, 1.54) is 11.4 Å². The van der Waals surface area contributed by atoms with Crippen molar-refractivity contribution in [3.05, 3.63) is 40.3 Å². The molecule has 102 valence electrons. The first-order valence-corrected chi connectivity index (χ1v) is 7.68. The van der Waals surface area contributed by atoms with Crippen molar-refractivity contribution in [2.75, 3.05) is 0 Å². The van der Waals surface area contributed by atoms with Crippen LogP contribution >= 0.6 is 11.3 Å². The number of aromatic carboxylic acids is 1. The van der Waals surface area contributed by atoms with E-state index in [1.54, 1.807) is 23.0 Å². The molecule has 0 aliphatic carbocycles. The standard InChI is InChI=1S/C11H12N2O4S2/c1-13-4-2-8(7-13)6-12-19(16,17)9-3-5-18-10(9)11(14)15/h2-5,7,12H,6H2,1H3,(H,14,15). The zero-order chi connectivity index (χ0) is 14.0. The molecule has 2 aromatic rings. The first-order chi connectivity index (χ1) is 8.90. The Balaban J connectivity index is 2.18. The Labute approximate surface area is 114 Å². The zero-order valence-corrected chi connectivity index (χ0v) is 11.7. The fourth-order valence-corrected chi connectivity index (χ4v) is 3.86. The number of hydrogen-bond acceptors (Lipinski definition) is 4. The lowest BCUT2D eigenvalue weighted by atomic mass is 10.4. The Morgan fingerprint density at radius 1 is 1.47 bits per heavy atom. The second-order valence-electron chi connectivity index (χ2n) is 3.93. The van der Waals surface area contributed by atoms with Gasteiger partial charge < -0.3 is 9.67 Å². The molecule has 6 nitrogen and oxygen atoms in total. The number of aromatic nitrogens is 1. The van der Waals surface area contributed by atoms with Gasteiger partial charge in [-0.05, 0) is 23.1 Å². The van der Waals surface area contributed by atoms with E-state index in [4.69, 9.17) is 5.11 Å². The predicted octanol–water partition coefficient (Wildman–Crippen LogP) is 1.26. The highest BCUT2D eigenvalue weighted by Crippen LogP contribution is 2.21. The third-order valence-electron chi connectivity index (χ3n) is 2.47. The van der Waals surface area contributed by atoms with Crippen LogP contribution in [0.1, 0.15) is 15.2 Å². The topological polar surface area (TPSA) is 88.4 Å². The molecule has 0 spiro atoms. The van der Waals surface area contributed by atoms with Crippen LogP contribution in [0.3, 0.4) is 0 Å². The van der Waals surface area contributed by atoms with Gasteiger partial charge in [-0.25, -0.2) is 17.9 Å². The molecule has 0 aliphatic heterocycles. The van der Waals surface area contributed by atoms with E-state index < -0.39 is 16.0 Å². The number of rotatable bonds is 5. The summed E-state index contributed by atoms with van der Waals surface area (Å²) in [6.45, 7) is 0.123. The van der Waals surface area contributed by atoms with Gasteiger partial charge in [-0.1, -0.05) is 0 Å². The van der Waals surface area contributed by atoms with Crippen molar-refractivity contribution < 1.29 is 18.3 Å². The van der Waals surface area contributed by atoms with Crippen LogP contribution < -0.4 is 4.72 Å². The molecule has 0 radical (unpaired) electrons. The Hall–Kier alpha value is -1.64. The summed E-state index contributed by atoms with van der Waals surface area (Å²) < 4.78 is 28.2. The minimum Gasteiger partial charge on any atom is -0.477 e. The summed E-state index contributed by atoms with van der Waals surface area (Å²) in [5.41, 5.74) is 0.804. The van der Waals surface area contributed by atoms with Gasteiger partial charge in [-0.3, -0.25) is 0 Å². The molecular formula is C11H12N2O4S2. The average Bonchev–Trinajstić information content (AvgIpc) is 2.94. The molecule has 0 aliphatic rings. The molecule has 0 bridgehead atoms. The highest BCUT2D eigenvalue weighted by molar-refractivity contribution is 7.89. The summed E-state index contributed by atoms with van der Waals surface area (Å²) in [6.07, 6.45) is 3.59. The quantitative estimate of drug-likeness (QED) is 0.870. The van der Waals surface area contributed by atoms with Crippen LogP contribution in [0.2, 0.25) is 0 Å². The first kappa shape index (κ1) is 13.8. The summed E-state index contributed by atoms with van der Waals surface area (Å²) in [7, 11) is -1.98. The molecular weight excluding hydrogens is 288 g/mol. The van der Waals surface area contributed by atoms with Gasteiger partial charge in [0, 0.05) is 26.0 Å². The number of thiophene rings is 1. The SMILES string of the molecule is Cn1ccc(CNS(=O)(=O)c2ccsc2C(=O)O)c1.